The van der Waals surface area contributed by atoms with E-state index in [1.165, 1.54) is 22.6 Å². The standard InChI is InChI=1S/C16H18N2OS/c1-17-7-8-18(14-9-15(11-19)20-12-14)16(10-17)13-5-3-2-4-6-13/h2-6,9,11-12,16H,7-8,10H2,1H3. The molecule has 0 N–H and O–H groups in total. The van der Waals surface area contributed by atoms with Crippen LogP contribution in [0, 0.1) is 0 Å². The average Bonchev–Trinajstić information content (AvgIpc) is 2.97. The summed E-state index contributed by atoms with van der Waals surface area (Å²) in [6, 6.07) is 12.9. The van der Waals surface area contributed by atoms with Gasteiger partial charge in [-0.2, -0.15) is 0 Å². The largest absolute Gasteiger partial charge is 0.361 e. The maximum Gasteiger partial charge on any atom is 0.160 e. The van der Waals surface area contributed by atoms with Gasteiger partial charge in [-0.1, -0.05) is 30.3 Å². The smallest absolute Gasteiger partial charge is 0.160 e. The van der Waals surface area contributed by atoms with E-state index in [0.717, 1.165) is 30.8 Å². The van der Waals surface area contributed by atoms with Crippen LogP contribution in [-0.4, -0.2) is 37.9 Å². The lowest BCUT2D eigenvalue weighted by atomic mass is 10.0. The molecular formula is C16H18N2OS. The maximum atomic E-state index is 10.9. The van der Waals surface area contributed by atoms with Gasteiger partial charge in [0.1, 0.15) is 0 Å². The Kier molecular flexibility index (Phi) is 3.85. The lowest BCUT2D eigenvalue weighted by Gasteiger charge is -2.41. The highest BCUT2D eigenvalue weighted by Crippen LogP contribution is 2.32. The summed E-state index contributed by atoms with van der Waals surface area (Å²) in [7, 11) is 2.16. The fourth-order valence-corrected chi connectivity index (χ4v) is 3.45. The molecule has 4 heteroatoms. The molecule has 3 rings (SSSR count). The van der Waals surface area contributed by atoms with Crippen LogP contribution >= 0.6 is 11.3 Å². The number of hydrogen-bond acceptors (Lipinski definition) is 4. The molecule has 0 bridgehead atoms. The minimum absolute atomic E-state index is 0.351. The first-order chi connectivity index (χ1) is 9.78. The van der Waals surface area contributed by atoms with Crippen LogP contribution in [0.15, 0.2) is 41.8 Å². The molecule has 1 atom stereocenters. The summed E-state index contributed by atoms with van der Waals surface area (Å²) in [5.74, 6) is 0. The van der Waals surface area contributed by atoms with Gasteiger partial charge in [-0.15, -0.1) is 11.3 Å². The van der Waals surface area contributed by atoms with E-state index < -0.39 is 0 Å². The number of carbonyl (C=O) groups excluding carboxylic acids is 1. The van der Waals surface area contributed by atoms with Gasteiger partial charge in [-0.25, -0.2) is 0 Å². The number of likely N-dealkylation sites (N-methyl/N-ethyl adjacent to an activating group) is 1. The molecule has 2 heterocycles. The molecule has 104 valence electrons. The zero-order valence-corrected chi connectivity index (χ0v) is 12.3. The first-order valence-corrected chi connectivity index (χ1v) is 7.70. The van der Waals surface area contributed by atoms with E-state index in [9.17, 15) is 4.79 Å². The van der Waals surface area contributed by atoms with Crippen LogP contribution in [0.4, 0.5) is 5.69 Å². The second-order valence-electron chi connectivity index (χ2n) is 5.21. The van der Waals surface area contributed by atoms with Crippen molar-refractivity contribution in [1.82, 2.24) is 4.90 Å². The molecule has 1 fully saturated rings. The zero-order chi connectivity index (χ0) is 13.9. The third-order valence-electron chi connectivity index (χ3n) is 3.82. The van der Waals surface area contributed by atoms with Gasteiger partial charge in [-0.05, 0) is 18.7 Å². The summed E-state index contributed by atoms with van der Waals surface area (Å²) in [5.41, 5.74) is 2.50. The highest BCUT2D eigenvalue weighted by molar-refractivity contribution is 7.12. The second-order valence-corrected chi connectivity index (χ2v) is 6.15. The molecular weight excluding hydrogens is 268 g/mol. The Morgan fingerprint density at radius 1 is 1.25 bits per heavy atom. The molecule has 1 unspecified atom stereocenters. The predicted molar refractivity (Wildman–Crippen MR) is 83.7 cm³/mol. The number of nitrogens with zero attached hydrogens (tertiary/aromatic N) is 2. The van der Waals surface area contributed by atoms with Crippen molar-refractivity contribution in [3.8, 4) is 0 Å². The Morgan fingerprint density at radius 2 is 2.05 bits per heavy atom. The summed E-state index contributed by atoms with van der Waals surface area (Å²) in [4.78, 5) is 16.5. The first kappa shape index (κ1) is 13.3. The fourth-order valence-electron chi connectivity index (χ4n) is 2.74. The van der Waals surface area contributed by atoms with E-state index >= 15 is 0 Å². The molecule has 2 aromatic rings. The summed E-state index contributed by atoms with van der Waals surface area (Å²) in [6.07, 6.45) is 0.932. The molecule has 0 spiro atoms. The van der Waals surface area contributed by atoms with Crippen LogP contribution in [0.3, 0.4) is 0 Å². The highest BCUT2D eigenvalue weighted by Gasteiger charge is 2.27. The van der Waals surface area contributed by atoms with Gasteiger partial charge in [0.25, 0.3) is 0 Å². The Bertz CT molecular complexity index is 581. The van der Waals surface area contributed by atoms with Crippen molar-refractivity contribution in [3.63, 3.8) is 0 Å². The third-order valence-corrected chi connectivity index (χ3v) is 4.67. The molecule has 1 saturated heterocycles. The van der Waals surface area contributed by atoms with E-state index in [-0.39, 0.29) is 0 Å². The Hall–Kier alpha value is -1.65. The van der Waals surface area contributed by atoms with Gasteiger partial charge >= 0.3 is 0 Å². The van der Waals surface area contributed by atoms with Crippen molar-refractivity contribution >= 4 is 23.3 Å². The van der Waals surface area contributed by atoms with E-state index in [1.54, 1.807) is 0 Å². The molecule has 1 aromatic heterocycles. The zero-order valence-electron chi connectivity index (χ0n) is 11.5. The third kappa shape index (κ3) is 2.62. The topological polar surface area (TPSA) is 23.6 Å². The Morgan fingerprint density at radius 3 is 2.75 bits per heavy atom. The van der Waals surface area contributed by atoms with Gasteiger partial charge in [0.2, 0.25) is 0 Å². The summed E-state index contributed by atoms with van der Waals surface area (Å²) < 4.78 is 0. The monoisotopic (exact) mass is 286 g/mol. The first-order valence-electron chi connectivity index (χ1n) is 6.82. The highest BCUT2D eigenvalue weighted by atomic mass is 32.1. The number of benzene rings is 1. The molecule has 1 aliphatic rings. The van der Waals surface area contributed by atoms with Gasteiger partial charge < -0.3 is 9.80 Å². The van der Waals surface area contributed by atoms with Crippen molar-refractivity contribution < 1.29 is 4.79 Å². The van der Waals surface area contributed by atoms with Crippen LogP contribution in [0.5, 0.6) is 0 Å². The number of rotatable bonds is 3. The van der Waals surface area contributed by atoms with Crippen LogP contribution in [0.2, 0.25) is 0 Å². The minimum atomic E-state index is 0.351. The van der Waals surface area contributed by atoms with E-state index in [2.05, 4.69) is 52.6 Å². The average molecular weight is 286 g/mol. The van der Waals surface area contributed by atoms with Crippen LogP contribution in [0.1, 0.15) is 21.3 Å². The van der Waals surface area contributed by atoms with E-state index in [1.807, 2.05) is 6.07 Å². The molecule has 0 aliphatic carbocycles. The number of aldehydes is 1. The number of thiophene rings is 1. The molecule has 0 radical (unpaired) electrons. The molecule has 1 aliphatic heterocycles. The number of anilines is 1. The van der Waals surface area contributed by atoms with Crippen LogP contribution in [0.25, 0.3) is 0 Å². The van der Waals surface area contributed by atoms with E-state index in [4.69, 9.17) is 0 Å². The van der Waals surface area contributed by atoms with E-state index in [0.29, 0.717) is 6.04 Å². The van der Waals surface area contributed by atoms with Gasteiger partial charge in [0.15, 0.2) is 6.29 Å². The molecule has 0 saturated carbocycles. The minimum Gasteiger partial charge on any atom is -0.361 e. The van der Waals surface area contributed by atoms with Crippen molar-refractivity contribution in [2.24, 2.45) is 0 Å². The number of piperazine rings is 1. The predicted octanol–water partition coefficient (Wildman–Crippen LogP) is 3.05. The fraction of sp³-hybridized carbons (Fsp3) is 0.312. The maximum absolute atomic E-state index is 10.9. The second kappa shape index (κ2) is 5.77. The lowest BCUT2D eigenvalue weighted by Crippen LogP contribution is -2.46. The molecule has 1 aromatic carbocycles. The normalized spacial score (nSPS) is 20.1. The summed E-state index contributed by atoms with van der Waals surface area (Å²) in [5, 5.41) is 2.09. The summed E-state index contributed by atoms with van der Waals surface area (Å²) >= 11 is 1.52. The number of carbonyl (C=O) groups is 1. The van der Waals surface area contributed by atoms with Crippen molar-refractivity contribution in [2.45, 2.75) is 6.04 Å². The Labute approximate surface area is 123 Å². The van der Waals surface area contributed by atoms with Crippen molar-refractivity contribution in [3.05, 3.63) is 52.2 Å². The number of hydrogen-bond donors (Lipinski definition) is 0. The van der Waals surface area contributed by atoms with Crippen LogP contribution < -0.4 is 4.90 Å². The van der Waals surface area contributed by atoms with Crippen LogP contribution in [-0.2, 0) is 0 Å². The van der Waals surface area contributed by atoms with Crippen molar-refractivity contribution in [2.75, 3.05) is 31.6 Å². The lowest BCUT2D eigenvalue weighted by molar-refractivity contribution is 0.112. The van der Waals surface area contributed by atoms with Gasteiger partial charge in [-0.3, -0.25) is 4.79 Å². The summed E-state index contributed by atoms with van der Waals surface area (Å²) in [6.45, 7) is 3.05. The molecule has 20 heavy (non-hydrogen) atoms. The van der Waals surface area contributed by atoms with Crippen molar-refractivity contribution in [1.29, 1.82) is 0 Å². The SMILES string of the molecule is CN1CCN(c2csc(C=O)c2)C(c2ccccc2)C1. The van der Waals surface area contributed by atoms with Gasteiger partial charge in [0.05, 0.1) is 10.9 Å². The quantitative estimate of drug-likeness (QED) is 0.810. The van der Waals surface area contributed by atoms with Gasteiger partial charge in [0, 0.05) is 30.7 Å². The molecule has 3 nitrogen and oxygen atoms in total. The Balaban J connectivity index is 1.92. The molecule has 0 amide bonds.